The monoisotopic (exact) mass is 242 g/mol. The fourth-order valence-corrected chi connectivity index (χ4v) is 2.65. The van der Waals surface area contributed by atoms with Gasteiger partial charge < -0.3 is 0 Å². The third-order valence-corrected chi connectivity index (χ3v) is 3.25. The van der Waals surface area contributed by atoms with Crippen molar-refractivity contribution in [1.82, 2.24) is 0 Å². The van der Waals surface area contributed by atoms with Gasteiger partial charge >= 0.3 is 5.24 Å². The van der Waals surface area contributed by atoms with Crippen LogP contribution in [0.15, 0.2) is 25.3 Å². The van der Waals surface area contributed by atoms with Crippen LogP contribution in [0.3, 0.4) is 0 Å². The summed E-state index contributed by atoms with van der Waals surface area (Å²) in [5, 5.41) is 0.232. The molecule has 2 nitrogen and oxygen atoms in total. The fourth-order valence-electron chi connectivity index (χ4n) is 1.90. The Morgan fingerprint density at radius 2 is 1.81 bits per heavy atom. The van der Waals surface area contributed by atoms with Gasteiger partial charge in [-0.15, -0.1) is 0 Å². The Morgan fingerprint density at radius 3 is 2.12 bits per heavy atom. The lowest BCUT2D eigenvalue weighted by Crippen LogP contribution is -2.53. The molecule has 1 amide bonds. The first-order chi connectivity index (χ1) is 7.52. The van der Waals surface area contributed by atoms with E-state index >= 15 is 0 Å². The lowest BCUT2D eigenvalue weighted by Gasteiger charge is -2.34. The first-order valence-corrected chi connectivity index (χ1v) is 6.76. The fraction of sp³-hybridized carbons (Fsp3) is 0.615. The van der Waals surface area contributed by atoms with E-state index in [1.54, 1.807) is 0 Å². The number of carbonyl (C=O) groups is 1. The normalized spacial score (nSPS) is 11.5. The molecule has 0 bridgehead atoms. The number of amides is 1. The minimum Gasteiger partial charge on any atom is -0.244 e. The number of hydrogen-bond acceptors (Lipinski definition) is 2. The highest BCUT2D eigenvalue weighted by atomic mass is 32.2. The Balaban J connectivity index is 4.96. The van der Waals surface area contributed by atoms with E-state index in [1.165, 1.54) is 11.8 Å². The summed E-state index contributed by atoms with van der Waals surface area (Å²) in [4.78, 5) is 12.2. The van der Waals surface area contributed by atoms with Crippen molar-refractivity contribution in [1.29, 1.82) is 0 Å². The number of carbonyl (C=O) groups excluding carboxylic acids is 1. The minimum atomic E-state index is 0.232. The molecular formula is C13H24NOS+. The van der Waals surface area contributed by atoms with Crippen LogP contribution in [0.1, 0.15) is 20.8 Å². The molecule has 0 aliphatic heterocycles. The zero-order chi connectivity index (χ0) is 12.6. The maximum atomic E-state index is 12.2. The molecule has 16 heavy (non-hydrogen) atoms. The van der Waals surface area contributed by atoms with Gasteiger partial charge in [0, 0.05) is 11.7 Å². The highest BCUT2D eigenvalue weighted by Gasteiger charge is 2.34. The number of quaternary nitrogens is 1. The first-order valence-electron chi connectivity index (χ1n) is 5.77. The van der Waals surface area contributed by atoms with Crippen molar-refractivity contribution in [2.75, 3.05) is 25.4 Å². The summed E-state index contributed by atoms with van der Waals surface area (Å²) in [5.41, 5.74) is 0. The molecule has 0 aliphatic carbocycles. The molecule has 0 aromatic rings. The van der Waals surface area contributed by atoms with Crippen LogP contribution in [0.2, 0.25) is 0 Å². The largest absolute Gasteiger partial charge is 0.375 e. The van der Waals surface area contributed by atoms with E-state index in [4.69, 9.17) is 0 Å². The van der Waals surface area contributed by atoms with Crippen LogP contribution < -0.4 is 0 Å². The van der Waals surface area contributed by atoms with Crippen LogP contribution in [-0.2, 0) is 0 Å². The summed E-state index contributed by atoms with van der Waals surface area (Å²) >= 11 is 1.40. The molecule has 0 heterocycles. The molecule has 0 saturated heterocycles. The van der Waals surface area contributed by atoms with Crippen LogP contribution in [0.25, 0.3) is 0 Å². The zero-order valence-electron chi connectivity index (χ0n) is 10.7. The molecule has 92 valence electrons. The average molecular weight is 242 g/mol. The van der Waals surface area contributed by atoms with Gasteiger partial charge in [0.25, 0.3) is 0 Å². The third kappa shape index (κ3) is 4.54. The molecule has 0 N–H and O–H groups in total. The topological polar surface area (TPSA) is 17.1 Å². The molecule has 0 radical (unpaired) electrons. The van der Waals surface area contributed by atoms with Crippen molar-refractivity contribution in [2.45, 2.75) is 20.8 Å². The number of hydrogen-bond donors (Lipinski definition) is 0. The number of nitrogens with zero attached hydrogens (tertiary/aromatic N) is 1. The van der Waals surface area contributed by atoms with E-state index in [1.807, 2.05) is 19.1 Å². The van der Waals surface area contributed by atoms with Crippen LogP contribution in [-0.4, -0.2) is 35.1 Å². The van der Waals surface area contributed by atoms with Gasteiger partial charge in [-0.3, -0.25) is 0 Å². The summed E-state index contributed by atoms with van der Waals surface area (Å²) in [5.74, 6) is 1.31. The van der Waals surface area contributed by atoms with Gasteiger partial charge in [0.05, 0.1) is 6.54 Å². The number of thioether (sulfide) groups is 1. The Hall–Kier alpha value is -0.540. The maximum absolute atomic E-state index is 12.2. The van der Waals surface area contributed by atoms with Crippen molar-refractivity contribution in [3.8, 4) is 0 Å². The van der Waals surface area contributed by atoms with Gasteiger partial charge in [-0.1, -0.05) is 33.9 Å². The predicted molar refractivity (Wildman–Crippen MR) is 73.6 cm³/mol. The van der Waals surface area contributed by atoms with Crippen molar-refractivity contribution >= 4 is 17.0 Å². The summed E-state index contributed by atoms with van der Waals surface area (Å²) in [6, 6.07) is 0. The molecule has 3 heteroatoms. The second kappa shape index (κ2) is 7.69. The molecule has 0 aliphatic rings. The summed E-state index contributed by atoms with van der Waals surface area (Å²) in [6.07, 6.45) is 3.67. The van der Waals surface area contributed by atoms with Crippen LogP contribution in [0, 0.1) is 5.92 Å². The Bertz CT molecular complexity index is 238. The van der Waals surface area contributed by atoms with Crippen LogP contribution in [0.5, 0.6) is 0 Å². The standard InChI is InChI=1S/C13H24NOS/c1-6-9-14(10-7-2,11-12(4)5)13(15)16-8-3/h6-7,12H,1-2,8-11H2,3-5H3/q+1. The van der Waals surface area contributed by atoms with Crippen molar-refractivity contribution in [3.05, 3.63) is 25.3 Å². The Labute approximate surface area is 104 Å². The van der Waals surface area contributed by atoms with Gasteiger partial charge in [0.2, 0.25) is 0 Å². The van der Waals surface area contributed by atoms with Gasteiger partial charge in [-0.2, -0.15) is 0 Å². The second-order valence-electron chi connectivity index (χ2n) is 4.36. The van der Waals surface area contributed by atoms with Crippen molar-refractivity contribution < 1.29 is 9.28 Å². The van der Waals surface area contributed by atoms with Gasteiger partial charge in [-0.05, 0) is 23.9 Å². The molecule has 0 saturated carbocycles. The van der Waals surface area contributed by atoms with E-state index in [0.29, 0.717) is 23.5 Å². The first kappa shape index (κ1) is 15.5. The van der Waals surface area contributed by atoms with Crippen molar-refractivity contribution in [3.63, 3.8) is 0 Å². The smallest absolute Gasteiger partial charge is 0.244 e. The molecule has 0 aromatic carbocycles. The summed E-state index contributed by atoms with van der Waals surface area (Å²) in [6.45, 7) is 16.1. The Morgan fingerprint density at radius 1 is 1.31 bits per heavy atom. The lowest BCUT2D eigenvalue weighted by atomic mass is 10.1. The third-order valence-electron chi connectivity index (χ3n) is 2.33. The highest BCUT2D eigenvalue weighted by Crippen LogP contribution is 2.21. The van der Waals surface area contributed by atoms with Crippen molar-refractivity contribution in [2.24, 2.45) is 5.92 Å². The maximum Gasteiger partial charge on any atom is 0.375 e. The quantitative estimate of drug-likeness (QED) is 0.500. The van der Waals surface area contributed by atoms with E-state index < -0.39 is 0 Å². The second-order valence-corrected chi connectivity index (χ2v) is 5.58. The van der Waals surface area contributed by atoms with E-state index in [0.717, 1.165) is 12.3 Å². The molecule has 0 rings (SSSR count). The van der Waals surface area contributed by atoms with E-state index in [9.17, 15) is 4.79 Å². The van der Waals surface area contributed by atoms with Gasteiger partial charge in [-0.25, -0.2) is 9.28 Å². The molecule has 0 atom stereocenters. The molecule has 0 aromatic heterocycles. The molecule has 0 fully saturated rings. The van der Waals surface area contributed by atoms with Gasteiger partial charge in [0.1, 0.15) is 13.1 Å². The summed E-state index contributed by atoms with van der Waals surface area (Å²) in [7, 11) is 0. The van der Waals surface area contributed by atoms with Crippen LogP contribution in [0.4, 0.5) is 4.79 Å². The lowest BCUT2D eigenvalue weighted by molar-refractivity contribution is -0.835. The van der Waals surface area contributed by atoms with E-state index in [-0.39, 0.29) is 5.24 Å². The van der Waals surface area contributed by atoms with Gasteiger partial charge in [0.15, 0.2) is 0 Å². The van der Waals surface area contributed by atoms with E-state index in [2.05, 4.69) is 27.0 Å². The molecule has 0 unspecified atom stereocenters. The minimum absolute atomic E-state index is 0.232. The SMILES string of the molecule is C=CC[N+](CC=C)(CC(C)C)C(=O)SCC. The predicted octanol–water partition coefficient (Wildman–Crippen LogP) is 3.70. The average Bonchev–Trinajstić information content (AvgIpc) is 2.17. The summed E-state index contributed by atoms with van der Waals surface area (Å²) < 4.78 is 0.448. The highest BCUT2D eigenvalue weighted by molar-refractivity contribution is 8.13. The zero-order valence-corrected chi connectivity index (χ0v) is 11.6. The molecule has 0 spiro atoms. The number of rotatable bonds is 7. The molecular weight excluding hydrogens is 218 g/mol. The Kier molecular flexibility index (Phi) is 7.43. The van der Waals surface area contributed by atoms with Crippen LogP contribution >= 0.6 is 11.8 Å².